The third-order valence-electron chi connectivity index (χ3n) is 2.27. The number of nitrogens with zero attached hydrogens (tertiary/aromatic N) is 2. The minimum absolute atomic E-state index is 0.0388. The van der Waals surface area contributed by atoms with Crippen molar-refractivity contribution in [1.82, 2.24) is 9.55 Å². The number of esters is 1. The molecule has 4 nitrogen and oxygen atoms in total. The maximum Gasteiger partial charge on any atom is 0.307 e. The van der Waals surface area contributed by atoms with Gasteiger partial charge in [-0.15, -0.1) is 0 Å². The van der Waals surface area contributed by atoms with Crippen LogP contribution < -0.4 is 0 Å². The van der Waals surface area contributed by atoms with Crippen LogP contribution in [0.2, 0.25) is 0 Å². The predicted octanol–water partition coefficient (Wildman–Crippen LogP) is 1.84. The second-order valence-electron chi connectivity index (χ2n) is 3.90. The van der Waals surface area contributed by atoms with E-state index in [0.717, 1.165) is 11.4 Å². The maximum atomic E-state index is 11.3. The molecule has 0 aliphatic heterocycles. The van der Waals surface area contributed by atoms with E-state index in [2.05, 4.69) is 4.98 Å². The molecule has 4 heteroatoms. The van der Waals surface area contributed by atoms with Crippen molar-refractivity contribution in [3.05, 3.63) is 17.7 Å². The van der Waals surface area contributed by atoms with Gasteiger partial charge in [-0.25, -0.2) is 4.98 Å². The van der Waals surface area contributed by atoms with Crippen LogP contribution in [0, 0.1) is 13.8 Å². The molecule has 0 atom stereocenters. The van der Waals surface area contributed by atoms with Crippen molar-refractivity contribution in [2.24, 2.45) is 0 Å². The summed E-state index contributed by atoms with van der Waals surface area (Å²) in [5.74, 6) is -0.157. The number of aromatic nitrogens is 2. The summed E-state index contributed by atoms with van der Waals surface area (Å²) in [4.78, 5) is 15.5. The summed E-state index contributed by atoms with van der Waals surface area (Å²) in [5.41, 5.74) is 2.11. The van der Waals surface area contributed by atoms with E-state index in [-0.39, 0.29) is 12.1 Å². The first-order valence-electron chi connectivity index (χ1n) is 5.18. The van der Waals surface area contributed by atoms with Crippen LogP contribution in [0.4, 0.5) is 0 Å². The first-order valence-corrected chi connectivity index (χ1v) is 5.18. The van der Waals surface area contributed by atoms with Crippen molar-refractivity contribution >= 4 is 5.97 Å². The Hall–Kier alpha value is -1.32. The van der Waals surface area contributed by atoms with Crippen molar-refractivity contribution in [2.75, 3.05) is 0 Å². The van der Waals surface area contributed by atoms with Crippen LogP contribution in [0.3, 0.4) is 0 Å². The normalized spacial score (nSPS) is 10.7. The van der Waals surface area contributed by atoms with Gasteiger partial charge < -0.3 is 9.30 Å². The zero-order valence-electron chi connectivity index (χ0n) is 9.78. The minimum atomic E-state index is -0.157. The molecule has 15 heavy (non-hydrogen) atoms. The van der Waals surface area contributed by atoms with Crippen molar-refractivity contribution in [1.29, 1.82) is 0 Å². The summed E-state index contributed by atoms with van der Waals surface area (Å²) in [5, 5.41) is 0. The van der Waals surface area contributed by atoms with E-state index in [1.54, 1.807) is 6.33 Å². The molecule has 1 heterocycles. The van der Waals surface area contributed by atoms with Gasteiger partial charge in [0.15, 0.2) is 0 Å². The Bertz CT molecular complexity index is 342. The van der Waals surface area contributed by atoms with Gasteiger partial charge in [-0.2, -0.15) is 0 Å². The Morgan fingerprint density at radius 2 is 2.20 bits per heavy atom. The summed E-state index contributed by atoms with van der Waals surface area (Å²) in [6, 6.07) is 0. The quantitative estimate of drug-likeness (QED) is 0.712. The summed E-state index contributed by atoms with van der Waals surface area (Å²) in [6.45, 7) is 8.29. The van der Waals surface area contributed by atoms with Gasteiger partial charge in [0.2, 0.25) is 0 Å². The molecule has 0 bridgehead atoms. The Kier molecular flexibility index (Phi) is 3.88. The lowest BCUT2D eigenvalue weighted by atomic mass is 10.3. The molecule has 0 fully saturated rings. The molecule has 1 aromatic rings. The van der Waals surface area contributed by atoms with E-state index in [1.807, 2.05) is 32.3 Å². The average Bonchev–Trinajstić information content (AvgIpc) is 2.44. The molecule has 0 aliphatic carbocycles. The number of rotatable bonds is 4. The highest BCUT2D eigenvalue weighted by atomic mass is 16.5. The fourth-order valence-electron chi connectivity index (χ4n) is 1.30. The van der Waals surface area contributed by atoms with Gasteiger partial charge in [0, 0.05) is 12.2 Å². The number of aryl methyl sites for hydroxylation is 2. The molecule has 0 unspecified atom stereocenters. The van der Waals surface area contributed by atoms with E-state index in [9.17, 15) is 4.79 Å². The van der Waals surface area contributed by atoms with Gasteiger partial charge in [0.25, 0.3) is 0 Å². The van der Waals surface area contributed by atoms with Crippen molar-refractivity contribution in [2.45, 2.75) is 46.8 Å². The van der Waals surface area contributed by atoms with Gasteiger partial charge in [-0.1, -0.05) is 0 Å². The second kappa shape index (κ2) is 4.96. The van der Waals surface area contributed by atoms with Gasteiger partial charge in [-0.3, -0.25) is 4.79 Å². The Labute approximate surface area is 90.3 Å². The monoisotopic (exact) mass is 210 g/mol. The summed E-state index contributed by atoms with van der Waals surface area (Å²) < 4.78 is 7.02. The number of imidazole rings is 1. The lowest BCUT2D eigenvalue weighted by molar-refractivity contribution is -0.147. The highest BCUT2D eigenvalue weighted by Gasteiger charge is 2.07. The second-order valence-corrected chi connectivity index (χ2v) is 3.90. The van der Waals surface area contributed by atoms with Gasteiger partial charge in [0.05, 0.1) is 24.5 Å². The van der Waals surface area contributed by atoms with Gasteiger partial charge in [-0.05, 0) is 27.7 Å². The molecule has 1 aromatic heterocycles. The number of carbonyl (C=O) groups is 1. The molecule has 1 rings (SSSR count). The lowest BCUT2D eigenvalue weighted by Crippen LogP contribution is -2.14. The Morgan fingerprint density at radius 1 is 1.53 bits per heavy atom. The maximum absolute atomic E-state index is 11.3. The standard InChI is InChI=1S/C11H18N2O2/c1-8(2)15-11(14)5-6-13-7-12-9(3)10(13)4/h7-8H,5-6H2,1-4H3. The van der Waals surface area contributed by atoms with Crippen LogP contribution in [0.5, 0.6) is 0 Å². The Balaban J connectivity index is 2.44. The Morgan fingerprint density at radius 3 is 2.67 bits per heavy atom. The van der Waals surface area contributed by atoms with E-state index in [0.29, 0.717) is 13.0 Å². The van der Waals surface area contributed by atoms with Crippen molar-refractivity contribution in [3.8, 4) is 0 Å². The van der Waals surface area contributed by atoms with Crippen LogP contribution in [0.1, 0.15) is 31.7 Å². The minimum Gasteiger partial charge on any atom is -0.463 e. The SMILES string of the molecule is Cc1ncn(CCC(=O)OC(C)C)c1C. The van der Waals surface area contributed by atoms with Crippen LogP contribution >= 0.6 is 0 Å². The summed E-state index contributed by atoms with van der Waals surface area (Å²) >= 11 is 0. The van der Waals surface area contributed by atoms with E-state index < -0.39 is 0 Å². The highest BCUT2D eigenvalue weighted by Crippen LogP contribution is 2.05. The molecule has 0 aliphatic rings. The third-order valence-corrected chi connectivity index (χ3v) is 2.27. The topological polar surface area (TPSA) is 44.1 Å². The summed E-state index contributed by atoms with van der Waals surface area (Å²) in [6.07, 6.45) is 2.12. The van der Waals surface area contributed by atoms with Crippen LogP contribution in [0.15, 0.2) is 6.33 Å². The van der Waals surface area contributed by atoms with Crippen LogP contribution in [-0.2, 0) is 16.1 Å². The van der Waals surface area contributed by atoms with E-state index >= 15 is 0 Å². The molecule has 0 saturated heterocycles. The number of ether oxygens (including phenoxy) is 1. The lowest BCUT2D eigenvalue weighted by Gasteiger charge is -2.08. The molecule has 0 spiro atoms. The number of hydrogen-bond donors (Lipinski definition) is 0. The molecule has 0 aromatic carbocycles. The predicted molar refractivity (Wildman–Crippen MR) is 57.5 cm³/mol. The van der Waals surface area contributed by atoms with Crippen LogP contribution in [0.25, 0.3) is 0 Å². The molecular weight excluding hydrogens is 192 g/mol. The van der Waals surface area contributed by atoms with Crippen molar-refractivity contribution in [3.63, 3.8) is 0 Å². The highest BCUT2D eigenvalue weighted by molar-refractivity contribution is 5.69. The fourth-order valence-corrected chi connectivity index (χ4v) is 1.30. The van der Waals surface area contributed by atoms with E-state index in [4.69, 9.17) is 4.74 Å². The zero-order valence-corrected chi connectivity index (χ0v) is 9.78. The van der Waals surface area contributed by atoms with E-state index in [1.165, 1.54) is 0 Å². The summed E-state index contributed by atoms with van der Waals surface area (Å²) in [7, 11) is 0. The fraction of sp³-hybridized carbons (Fsp3) is 0.636. The zero-order chi connectivity index (χ0) is 11.4. The van der Waals surface area contributed by atoms with Gasteiger partial charge >= 0.3 is 5.97 Å². The van der Waals surface area contributed by atoms with Crippen LogP contribution in [-0.4, -0.2) is 21.6 Å². The first-order chi connectivity index (χ1) is 7.00. The number of hydrogen-bond acceptors (Lipinski definition) is 3. The largest absolute Gasteiger partial charge is 0.463 e. The molecule has 0 N–H and O–H groups in total. The molecular formula is C11H18N2O2. The molecule has 0 radical (unpaired) electrons. The van der Waals surface area contributed by atoms with Crippen molar-refractivity contribution < 1.29 is 9.53 Å². The smallest absolute Gasteiger partial charge is 0.307 e. The molecule has 84 valence electrons. The first kappa shape index (κ1) is 11.8. The number of carbonyl (C=O) groups excluding carboxylic acids is 1. The molecule has 0 amide bonds. The van der Waals surface area contributed by atoms with Gasteiger partial charge in [0.1, 0.15) is 0 Å². The molecule has 0 saturated carbocycles. The third kappa shape index (κ3) is 3.38. The average molecular weight is 210 g/mol.